The lowest BCUT2D eigenvalue weighted by molar-refractivity contribution is -0.771. The molecule has 1 aliphatic carbocycles. The molecule has 10 nitrogen and oxygen atoms in total. The van der Waals surface area contributed by atoms with Gasteiger partial charge in [-0.05, 0) is 37.0 Å². The Labute approximate surface area is 203 Å². The lowest BCUT2D eigenvalue weighted by Crippen LogP contribution is -2.37. The summed E-state index contributed by atoms with van der Waals surface area (Å²) in [7, 11) is 0. The van der Waals surface area contributed by atoms with Crippen LogP contribution in [0.2, 0.25) is 0 Å². The standard InChI is InChI=1S/C25H32N4O6/c30-23(16-17-6-1-4-10-21(17)35-29(32)33)27-15-14-26-13-12-24(31)34-22-11-5-9-20-25(22)18-7-2-3-8-19(18)28-20/h2-3,5,7-9,11,17,21,24,26,28,31H,1,4,6,10,12-16H2,(H,27,30). The topological polar surface area (TPSA) is 139 Å². The molecule has 35 heavy (non-hydrogen) atoms. The lowest BCUT2D eigenvalue weighted by Gasteiger charge is -2.29. The van der Waals surface area contributed by atoms with Crippen LogP contribution in [-0.4, -0.2) is 53.1 Å². The molecule has 4 N–H and O–H groups in total. The maximum absolute atomic E-state index is 12.2. The molecular formula is C25H32N4O6. The quantitative estimate of drug-likeness (QED) is 0.134. The summed E-state index contributed by atoms with van der Waals surface area (Å²) in [5.74, 6) is 0.364. The van der Waals surface area contributed by atoms with E-state index in [0.717, 1.165) is 41.1 Å². The number of aliphatic hydroxyl groups excluding tert-OH is 1. The summed E-state index contributed by atoms with van der Waals surface area (Å²) < 4.78 is 5.83. The third-order valence-corrected chi connectivity index (χ3v) is 6.46. The Balaban J connectivity index is 1.16. The van der Waals surface area contributed by atoms with Crippen LogP contribution >= 0.6 is 0 Å². The van der Waals surface area contributed by atoms with Crippen LogP contribution in [0.4, 0.5) is 0 Å². The van der Waals surface area contributed by atoms with Crippen LogP contribution in [0, 0.1) is 16.0 Å². The molecule has 0 aliphatic heterocycles. The van der Waals surface area contributed by atoms with Crippen molar-refractivity contribution in [1.29, 1.82) is 0 Å². The largest absolute Gasteiger partial charge is 0.464 e. The molecule has 3 unspecified atom stereocenters. The molecule has 4 rings (SSSR count). The molecule has 1 saturated carbocycles. The minimum Gasteiger partial charge on any atom is -0.464 e. The molecule has 1 fully saturated rings. The summed E-state index contributed by atoms with van der Waals surface area (Å²) in [4.78, 5) is 31.0. The van der Waals surface area contributed by atoms with Gasteiger partial charge >= 0.3 is 0 Å². The Bertz CT molecular complexity index is 1150. The van der Waals surface area contributed by atoms with E-state index in [1.165, 1.54) is 0 Å². The summed E-state index contributed by atoms with van der Waals surface area (Å²) in [6.45, 7) is 1.48. The number of nitrogens with zero attached hydrogens (tertiary/aromatic N) is 1. The maximum Gasteiger partial charge on any atom is 0.294 e. The van der Waals surface area contributed by atoms with Crippen molar-refractivity contribution in [2.75, 3.05) is 19.6 Å². The van der Waals surface area contributed by atoms with E-state index < -0.39 is 17.5 Å². The highest BCUT2D eigenvalue weighted by Gasteiger charge is 2.29. The number of hydrogen-bond acceptors (Lipinski definition) is 7. The number of amides is 1. The number of rotatable bonds is 12. The van der Waals surface area contributed by atoms with Crippen molar-refractivity contribution < 1.29 is 24.6 Å². The fourth-order valence-electron chi connectivity index (χ4n) is 4.78. The smallest absolute Gasteiger partial charge is 0.294 e. The van der Waals surface area contributed by atoms with E-state index in [0.29, 0.717) is 38.2 Å². The predicted molar refractivity (Wildman–Crippen MR) is 131 cm³/mol. The SMILES string of the molecule is O=C(CC1CCCCC1O[N+](=O)[O-])NCCNCCC(O)Oc1cccc2[nH]c3ccccc3c12. The first-order chi connectivity index (χ1) is 17.0. The lowest BCUT2D eigenvalue weighted by atomic mass is 9.84. The van der Waals surface area contributed by atoms with Gasteiger partial charge in [0, 0.05) is 48.8 Å². The molecule has 2 aromatic carbocycles. The molecule has 1 aliphatic rings. The zero-order valence-electron chi connectivity index (χ0n) is 19.6. The van der Waals surface area contributed by atoms with Crippen molar-refractivity contribution in [3.8, 4) is 5.75 Å². The van der Waals surface area contributed by atoms with Gasteiger partial charge < -0.3 is 30.3 Å². The molecule has 1 amide bonds. The highest BCUT2D eigenvalue weighted by molar-refractivity contribution is 6.10. The number of nitrogens with one attached hydrogen (secondary N) is 3. The summed E-state index contributed by atoms with van der Waals surface area (Å²) in [6.07, 6.45) is 2.34. The van der Waals surface area contributed by atoms with Gasteiger partial charge in [0.05, 0.1) is 5.52 Å². The van der Waals surface area contributed by atoms with Crippen LogP contribution in [0.3, 0.4) is 0 Å². The molecule has 0 saturated heterocycles. The number of aliphatic hydroxyl groups is 1. The van der Waals surface area contributed by atoms with Crippen molar-refractivity contribution in [2.24, 2.45) is 5.92 Å². The fourth-order valence-corrected chi connectivity index (χ4v) is 4.78. The summed E-state index contributed by atoms with van der Waals surface area (Å²) in [6, 6.07) is 13.7. The van der Waals surface area contributed by atoms with Crippen LogP contribution in [0.25, 0.3) is 21.8 Å². The molecule has 3 aromatic rings. The van der Waals surface area contributed by atoms with Gasteiger partial charge in [0.15, 0.2) is 6.29 Å². The number of carbonyl (C=O) groups is 1. The van der Waals surface area contributed by atoms with Crippen molar-refractivity contribution in [3.63, 3.8) is 0 Å². The number of carbonyl (C=O) groups excluding carboxylic acids is 1. The summed E-state index contributed by atoms with van der Waals surface area (Å²) in [5, 5.41) is 28.3. The minimum absolute atomic E-state index is 0.129. The fraction of sp³-hybridized carbons (Fsp3) is 0.480. The van der Waals surface area contributed by atoms with E-state index in [1.54, 1.807) is 0 Å². The van der Waals surface area contributed by atoms with E-state index in [2.05, 4.69) is 15.6 Å². The Kier molecular flexibility index (Phi) is 8.38. The number of fused-ring (bicyclic) bond motifs is 3. The monoisotopic (exact) mass is 484 g/mol. The van der Waals surface area contributed by atoms with Crippen LogP contribution in [0.1, 0.15) is 38.5 Å². The highest BCUT2D eigenvalue weighted by Crippen LogP contribution is 2.33. The molecule has 188 valence electrons. The van der Waals surface area contributed by atoms with Crippen molar-refractivity contribution in [3.05, 3.63) is 52.6 Å². The summed E-state index contributed by atoms with van der Waals surface area (Å²) in [5.41, 5.74) is 1.97. The number of aromatic amines is 1. The molecular weight excluding hydrogens is 452 g/mol. The van der Waals surface area contributed by atoms with Crippen LogP contribution in [0.5, 0.6) is 5.75 Å². The van der Waals surface area contributed by atoms with Crippen molar-refractivity contribution in [2.45, 2.75) is 50.9 Å². The zero-order chi connectivity index (χ0) is 24.6. The first-order valence-corrected chi connectivity index (χ1v) is 12.1. The Morgan fingerprint density at radius 3 is 2.77 bits per heavy atom. The molecule has 0 bridgehead atoms. The molecule has 0 radical (unpaired) electrons. The molecule has 1 aromatic heterocycles. The van der Waals surface area contributed by atoms with Gasteiger partial charge in [-0.25, -0.2) is 0 Å². The maximum atomic E-state index is 12.2. The van der Waals surface area contributed by atoms with Crippen molar-refractivity contribution >= 4 is 27.7 Å². The second-order valence-electron chi connectivity index (χ2n) is 8.93. The normalized spacial score (nSPS) is 18.9. The van der Waals surface area contributed by atoms with E-state index in [1.807, 2.05) is 42.5 Å². The number of aromatic nitrogens is 1. The van der Waals surface area contributed by atoms with E-state index >= 15 is 0 Å². The number of benzene rings is 2. The Morgan fingerprint density at radius 2 is 1.91 bits per heavy atom. The number of para-hydroxylation sites is 1. The second kappa shape index (κ2) is 11.9. The number of H-pyrrole nitrogens is 1. The van der Waals surface area contributed by atoms with Crippen molar-refractivity contribution in [1.82, 2.24) is 15.6 Å². The van der Waals surface area contributed by atoms with Gasteiger partial charge in [-0.2, -0.15) is 0 Å². The van der Waals surface area contributed by atoms with E-state index in [-0.39, 0.29) is 18.2 Å². The first-order valence-electron chi connectivity index (χ1n) is 12.1. The van der Waals surface area contributed by atoms with Gasteiger partial charge in [-0.15, -0.1) is 10.1 Å². The molecule has 3 atom stereocenters. The van der Waals surface area contributed by atoms with Gasteiger partial charge in [-0.1, -0.05) is 37.1 Å². The zero-order valence-corrected chi connectivity index (χ0v) is 19.6. The first kappa shape index (κ1) is 24.7. The van der Waals surface area contributed by atoms with Gasteiger partial charge in [0.25, 0.3) is 5.09 Å². The Hall–Kier alpha value is -3.37. The van der Waals surface area contributed by atoms with E-state index in [4.69, 9.17) is 9.57 Å². The van der Waals surface area contributed by atoms with Gasteiger partial charge in [0.1, 0.15) is 11.9 Å². The number of hydrogen-bond donors (Lipinski definition) is 4. The van der Waals surface area contributed by atoms with Crippen LogP contribution in [-0.2, 0) is 9.63 Å². The third kappa shape index (κ3) is 6.61. The molecule has 10 heteroatoms. The van der Waals surface area contributed by atoms with Gasteiger partial charge in [0.2, 0.25) is 5.91 Å². The van der Waals surface area contributed by atoms with Crippen LogP contribution < -0.4 is 15.4 Å². The third-order valence-electron chi connectivity index (χ3n) is 6.46. The minimum atomic E-state index is -0.971. The Morgan fingerprint density at radius 1 is 1.11 bits per heavy atom. The predicted octanol–water partition coefficient (Wildman–Crippen LogP) is 3.27. The average molecular weight is 485 g/mol. The number of ether oxygens (including phenoxy) is 1. The average Bonchev–Trinajstić information content (AvgIpc) is 3.22. The second-order valence-corrected chi connectivity index (χ2v) is 8.93. The molecule has 0 spiro atoms. The van der Waals surface area contributed by atoms with Crippen LogP contribution in [0.15, 0.2) is 42.5 Å². The molecule has 1 heterocycles. The highest BCUT2D eigenvalue weighted by atomic mass is 17.0. The summed E-state index contributed by atoms with van der Waals surface area (Å²) >= 11 is 0. The van der Waals surface area contributed by atoms with Gasteiger partial charge in [-0.3, -0.25) is 4.79 Å². The van der Waals surface area contributed by atoms with E-state index in [9.17, 15) is 20.0 Å².